The molecule has 2 fully saturated rings. The average Bonchev–Trinajstić information content (AvgIpc) is 3.41. The normalized spacial score (nSPS) is 18.3. The van der Waals surface area contributed by atoms with E-state index in [1.165, 1.54) is 6.07 Å². The van der Waals surface area contributed by atoms with Crippen LogP contribution in [0.3, 0.4) is 0 Å². The van der Waals surface area contributed by atoms with Gasteiger partial charge in [-0.25, -0.2) is 9.34 Å². The topological polar surface area (TPSA) is 75.5 Å². The van der Waals surface area contributed by atoms with Crippen LogP contribution in [0.15, 0.2) is 36.4 Å². The Morgan fingerprint density at radius 1 is 1.13 bits per heavy atom. The molecular weight excluding hydrogens is 317 g/mol. The van der Waals surface area contributed by atoms with Crippen LogP contribution in [-0.4, -0.2) is 40.4 Å². The first-order chi connectivity index (χ1) is 11.1. The highest BCUT2D eigenvalue weighted by Gasteiger charge is 2.49. The monoisotopic (exact) mass is 333 g/mol. The molecular formula is C15H16N3O4P. The standard InChI is InChI=1S/C15H16N3O4P/c19-18(20)15-3-1-2-13-10-12(4-5-14(13)15)11-22-23(21,16-6-7-16)17-8-9-17/h1-5,10H,6-9,11H2. The van der Waals surface area contributed by atoms with E-state index in [4.69, 9.17) is 4.52 Å². The fraction of sp³-hybridized carbons (Fsp3) is 0.333. The van der Waals surface area contributed by atoms with Gasteiger partial charge in [-0.15, -0.1) is 0 Å². The second-order valence-electron chi connectivity index (χ2n) is 5.76. The lowest BCUT2D eigenvalue weighted by atomic mass is 10.1. The SMILES string of the molecule is O=[N+]([O-])c1cccc2cc(COP(=O)(N3CC3)N3CC3)ccc12. The van der Waals surface area contributed by atoms with Gasteiger partial charge in [0.2, 0.25) is 0 Å². The number of benzene rings is 2. The van der Waals surface area contributed by atoms with Crippen LogP contribution in [-0.2, 0) is 15.7 Å². The zero-order valence-electron chi connectivity index (χ0n) is 12.4. The van der Waals surface area contributed by atoms with Crippen molar-refractivity contribution in [3.05, 3.63) is 52.1 Å². The van der Waals surface area contributed by atoms with Crippen LogP contribution in [0, 0.1) is 10.1 Å². The molecule has 0 amide bonds. The van der Waals surface area contributed by atoms with Crippen molar-refractivity contribution >= 4 is 24.1 Å². The second kappa shape index (κ2) is 5.39. The highest BCUT2D eigenvalue weighted by atomic mass is 31.2. The van der Waals surface area contributed by atoms with Crippen LogP contribution < -0.4 is 0 Å². The molecule has 0 spiro atoms. The van der Waals surface area contributed by atoms with Crippen LogP contribution >= 0.6 is 7.67 Å². The maximum absolute atomic E-state index is 12.9. The molecule has 2 aliphatic rings. The van der Waals surface area contributed by atoms with Crippen molar-refractivity contribution < 1.29 is 14.0 Å². The number of nitrogens with zero attached hydrogens (tertiary/aromatic N) is 3. The average molecular weight is 333 g/mol. The molecule has 0 bridgehead atoms. The first-order valence-electron chi connectivity index (χ1n) is 7.49. The van der Waals surface area contributed by atoms with Crippen molar-refractivity contribution in [2.75, 3.05) is 26.2 Å². The summed E-state index contributed by atoms with van der Waals surface area (Å²) in [6.07, 6.45) is 0. The molecule has 0 atom stereocenters. The molecule has 2 aromatic rings. The number of non-ortho nitro benzene ring substituents is 1. The summed E-state index contributed by atoms with van der Waals surface area (Å²) >= 11 is 0. The molecule has 120 valence electrons. The van der Waals surface area contributed by atoms with Gasteiger partial charge in [0, 0.05) is 32.2 Å². The summed E-state index contributed by atoms with van der Waals surface area (Å²) in [5.74, 6) is 0. The molecule has 7 nitrogen and oxygen atoms in total. The lowest BCUT2D eigenvalue weighted by molar-refractivity contribution is -0.383. The quantitative estimate of drug-likeness (QED) is 0.350. The first-order valence-corrected chi connectivity index (χ1v) is 9.02. The molecule has 0 unspecified atom stereocenters. The Hall–Kier alpha value is -1.79. The minimum absolute atomic E-state index is 0.0915. The van der Waals surface area contributed by atoms with E-state index in [0.717, 1.165) is 37.1 Å². The van der Waals surface area contributed by atoms with Crippen molar-refractivity contribution in [1.82, 2.24) is 9.34 Å². The molecule has 2 saturated heterocycles. The second-order valence-corrected chi connectivity index (χ2v) is 8.13. The van der Waals surface area contributed by atoms with E-state index in [2.05, 4.69) is 0 Å². The Morgan fingerprint density at radius 2 is 1.83 bits per heavy atom. The predicted octanol–water partition coefficient (Wildman–Crippen LogP) is 3.00. The third-order valence-electron chi connectivity index (χ3n) is 4.08. The number of hydrogen-bond donors (Lipinski definition) is 0. The molecule has 2 aliphatic heterocycles. The van der Waals surface area contributed by atoms with Crippen LogP contribution in [0.4, 0.5) is 5.69 Å². The van der Waals surface area contributed by atoms with Crippen molar-refractivity contribution in [3.63, 3.8) is 0 Å². The van der Waals surface area contributed by atoms with E-state index in [-0.39, 0.29) is 17.2 Å². The Labute approximate surface area is 133 Å². The van der Waals surface area contributed by atoms with Gasteiger partial charge in [0.25, 0.3) is 5.69 Å². The van der Waals surface area contributed by atoms with E-state index in [0.29, 0.717) is 5.39 Å². The summed E-state index contributed by atoms with van der Waals surface area (Å²) in [7, 11) is -2.83. The Kier molecular flexibility index (Phi) is 3.46. The van der Waals surface area contributed by atoms with E-state index in [9.17, 15) is 14.7 Å². The van der Waals surface area contributed by atoms with Crippen LogP contribution in [0.1, 0.15) is 5.56 Å². The van der Waals surface area contributed by atoms with Gasteiger partial charge in [0.1, 0.15) is 0 Å². The fourth-order valence-corrected chi connectivity index (χ4v) is 4.85. The zero-order chi connectivity index (χ0) is 16.0. The van der Waals surface area contributed by atoms with Gasteiger partial charge >= 0.3 is 7.67 Å². The molecule has 2 heterocycles. The van der Waals surface area contributed by atoms with Crippen LogP contribution in [0.5, 0.6) is 0 Å². The lowest BCUT2D eigenvalue weighted by Crippen LogP contribution is -2.07. The number of hydrogen-bond acceptors (Lipinski definition) is 4. The first kappa shape index (κ1) is 14.8. The molecule has 23 heavy (non-hydrogen) atoms. The minimum atomic E-state index is -2.83. The number of rotatable bonds is 6. The summed E-state index contributed by atoms with van der Waals surface area (Å²) in [5.41, 5.74) is 0.954. The summed E-state index contributed by atoms with van der Waals surface area (Å²) in [6, 6.07) is 10.4. The highest BCUT2D eigenvalue weighted by molar-refractivity contribution is 7.54. The van der Waals surface area contributed by atoms with Gasteiger partial charge in [-0.1, -0.05) is 18.2 Å². The zero-order valence-corrected chi connectivity index (χ0v) is 13.3. The molecule has 0 aromatic heterocycles. The highest BCUT2D eigenvalue weighted by Crippen LogP contribution is 2.61. The largest absolute Gasteiger partial charge is 0.346 e. The van der Waals surface area contributed by atoms with Gasteiger partial charge in [0.15, 0.2) is 0 Å². The maximum Gasteiger partial charge on any atom is 0.346 e. The van der Waals surface area contributed by atoms with Crippen molar-refractivity contribution in [3.8, 4) is 0 Å². The smallest absolute Gasteiger partial charge is 0.301 e. The summed E-state index contributed by atoms with van der Waals surface area (Å²) < 4.78 is 22.4. The van der Waals surface area contributed by atoms with Crippen molar-refractivity contribution in [1.29, 1.82) is 0 Å². The predicted molar refractivity (Wildman–Crippen MR) is 86.1 cm³/mol. The number of nitro benzene ring substituents is 1. The van der Waals surface area contributed by atoms with E-state index >= 15 is 0 Å². The molecule has 4 rings (SSSR count). The summed E-state index contributed by atoms with van der Waals surface area (Å²) in [5, 5.41) is 12.4. The Morgan fingerprint density at radius 3 is 2.43 bits per heavy atom. The fourth-order valence-electron chi connectivity index (χ4n) is 2.66. The lowest BCUT2D eigenvalue weighted by Gasteiger charge is -2.19. The molecule has 0 aliphatic carbocycles. The Bertz CT molecular complexity index is 817. The van der Waals surface area contributed by atoms with E-state index < -0.39 is 7.67 Å². The third kappa shape index (κ3) is 2.77. The Balaban J connectivity index is 1.58. The van der Waals surface area contributed by atoms with E-state index in [1.54, 1.807) is 18.2 Å². The van der Waals surface area contributed by atoms with Crippen LogP contribution in [0.2, 0.25) is 0 Å². The van der Waals surface area contributed by atoms with Gasteiger partial charge in [-0.05, 0) is 23.1 Å². The number of fused-ring (bicyclic) bond motifs is 1. The van der Waals surface area contributed by atoms with Crippen molar-refractivity contribution in [2.45, 2.75) is 6.61 Å². The summed E-state index contributed by atoms with van der Waals surface area (Å²) in [6.45, 7) is 3.51. The molecule has 0 N–H and O–H groups in total. The van der Waals surface area contributed by atoms with Gasteiger partial charge in [-0.2, -0.15) is 0 Å². The molecule has 8 heteroatoms. The van der Waals surface area contributed by atoms with Gasteiger partial charge in [0.05, 0.1) is 16.9 Å². The summed E-state index contributed by atoms with van der Waals surface area (Å²) in [4.78, 5) is 10.7. The minimum Gasteiger partial charge on any atom is -0.301 e. The number of nitro groups is 1. The third-order valence-corrected chi connectivity index (χ3v) is 6.78. The van der Waals surface area contributed by atoms with Gasteiger partial charge < -0.3 is 4.52 Å². The van der Waals surface area contributed by atoms with Crippen molar-refractivity contribution in [2.24, 2.45) is 0 Å². The molecule has 2 aromatic carbocycles. The molecule has 0 radical (unpaired) electrons. The maximum atomic E-state index is 12.9. The van der Waals surface area contributed by atoms with E-state index in [1.807, 2.05) is 21.5 Å². The van der Waals surface area contributed by atoms with Crippen LogP contribution in [0.25, 0.3) is 10.8 Å². The van der Waals surface area contributed by atoms with Gasteiger partial charge in [-0.3, -0.25) is 14.7 Å². The molecule has 0 saturated carbocycles.